The average Bonchev–Trinajstić information content (AvgIpc) is 2.61. The van der Waals surface area contributed by atoms with E-state index in [0.717, 1.165) is 12.0 Å². The summed E-state index contributed by atoms with van der Waals surface area (Å²) in [6.07, 6.45) is 1.31. The summed E-state index contributed by atoms with van der Waals surface area (Å²) in [6, 6.07) is 0. The number of phenolic OH excluding ortho intramolecular Hbond substituents is 1. The fraction of sp³-hybridized carbons (Fsp3) is 0.619. The number of aromatic hydroxyl groups is 1. The monoisotopic (exact) mass is 374 g/mol. The number of carbonyl (C=O) groups excluding carboxylic acids is 2. The number of hydrogen-bond donors (Lipinski definition) is 2. The Bertz CT molecular complexity index is 855. The lowest BCUT2D eigenvalue weighted by atomic mass is 9.49. The highest BCUT2D eigenvalue weighted by atomic mass is 16.5. The summed E-state index contributed by atoms with van der Waals surface area (Å²) < 4.78 is 10.6. The Hall–Kier alpha value is -2.08. The Balaban J connectivity index is 2.03. The van der Waals surface area contributed by atoms with Crippen molar-refractivity contribution in [1.82, 2.24) is 0 Å². The lowest BCUT2D eigenvalue weighted by Gasteiger charge is -2.53. The highest BCUT2D eigenvalue weighted by Gasteiger charge is 2.56. The van der Waals surface area contributed by atoms with Crippen LogP contribution in [0.15, 0.2) is 0 Å². The molecule has 0 amide bonds. The van der Waals surface area contributed by atoms with Crippen molar-refractivity contribution < 1.29 is 29.3 Å². The summed E-state index contributed by atoms with van der Waals surface area (Å²) in [5.41, 5.74) is 1.10. The third-order valence-corrected chi connectivity index (χ3v) is 7.17. The van der Waals surface area contributed by atoms with Crippen LogP contribution in [0, 0.1) is 11.3 Å². The van der Waals surface area contributed by atoms with Crippen molar-refractivity contribution in [2.75, 3.05) is 13.7 Å². The number of Topliss-reactive ketones (excluding diaryl/α,β-unsaturated/α-hetero) is 1. The van der Waals surface area contributed by atoms with Crippen LogP contribution in [0.5, 0.6) is 11.5 Å². The summed E-state index contributed by atoms with van der Waals surface area (Å²) in [4.78, 5) is 25.2. The number of aliphatic hydroxyl groups excluding tert-OH is 1. The number of cyclic esters (lactones) is 1. The molecule has 1 saturated carbocycles. The molecule has 3 atom stereocenters. The van der Waals surface area contributed by atoms with Crippen molar-refractivity contribution in [2.45, 2.75) is 58.0 Å². The van der Waals surface area contributed by atoms with E-state index in [0.29, 0.717) is 36.0 Å². The Kier molecular flexibility index (Phi) is 3.87. The van der Waals surface area contributed by atoms with Crippen LogP contribution in [0.4, 0.5) is 0 Å². The molecule has 146 valence electrons. The van der Waals surface area contributed by atoms with Gasteiger partial charge in [0, 0.05) is 28.4 Å². The van der Waals surface area contributed by atoms with Crippen LogP contribution in [0.1, 0.15) is 73.2 Å². The van der Waals surface area contributed by atoms with Gasteiger partial charge in [-0.15, -0.1) is 0 Å². The van der Waals surface area contributed by atoms with Gasteiger partial charge in [-0.05, 0) is 30.7 Å². The Morgan fingerprint density at radius 1 is 1.19 bits per heavy atom. The van der Waals surface area contributed by atoms with Crippen molar-refractivity contribution in [3.63, 3.8) is 0 Å². The SMILES string of the molecule is COc1c(O)c2c(c3c1C(O)COC3=O)CCC1C(C)(C)C(=O)CCC21C. The lowest BCUT2D eigenvalue weighted by Crippen LogP contribution is -2.52. The van der Waals surface area contributed by atoms with Crippen LogP contribution in [-0.2, 0) is 21.4 Å². The molecule has 0 saturated heterocycles. The quantitative estimate of drug-likeness (QED) is 0.734. The molecule has 6 heteroatoms. The number of ether oxygens (including phenoxy) is 2. The van der Waals surface area contributed by atoms with E-state index < -0.39 is 22.9 Å². The van der Waals surface area contributed by atoms with Crippen LogP contribution in [0.3, 0.4) is 0 Å². The van der Waals surface area contributed by atoms with Gasteiger partial charge in [-0.25, -0.2) is 4.79 Å². The van der Waals surface area contributed by atoms with Gasteiger partial charge in [0.25, 0.3) is 0 Å². The molecule has 1 fully saturated rings. The zero-order chi connectivity index (χ0) is 19.7. The number of benzene rings is 1. The molecule has 3 aliphatic rings. The molecule has 1 heterocycles. The summed E-state index contributed by atoms with van der Waals surface area (Å²) in [5.74, 6) is -0.0653. The van der Waals surface area contributed by atoms with Crippen molar-refractivity contribution in [1.29, 1.82) is 0 Å². The van der Waals surface area contributed by atoms with Gasteiger partial charge >= 0.3 is 5.97 Å². The van der Waals surface area contributed by atoms with Crippen molar-refractivity contribution >= 4 is 11.8 Å². The third-order valence-electron chi connectivity index (χ3n) is 7.17. The van der Waals surface area contributed by atoms with Crippen molar-refractivity contribution in [2.24, 2.45) is 11.3 Å². The number of carbonyl (C=O) groups is 2. The first-order valence-electron chi connectivity index (χ1n) is 9.49. The lowest BCUT2D eigenvalue weighted by molar-refractivity contribution is -0.137. The van der Waals surface area contributed by atoms with E-state index in [9.17, 15) is 19.8 Å². The Labute approximate surface area is 158 Å². The van der Waals surface area contributed by atoms with Gasteiger partial charge in [0.1, 0.15) is 18.5 Å². The zero-order valence-corrected chi connectivity index (χ0v) is 16.2. The summed E-state index contributed by atoms with van der Waals surface area (Å²) in [6.45, 7) is 5.88. The molecule has 0 bridgehead atoms. The minimum atomic E-state index is -1.03. The van der Waals surface area contributed by atoms with Gasteiger partial charge in [0.2, 0.25) is 0 Å². The van der Waals surface area contributed by atoms with Crippen LogP contribution in [-0.4, -0.2) is 35.7 Å². The second kappa shape index (κ2) is 5.71. The molecule has 3 unspecified atom stereocenters. The van der Waals surface area contributed by atoms with Crippen LogP contribution in [0.2, 0.25) is 0 Å². The Morgan fingerprint density at radius 3 is 2.56 bits per heavy atom. The topological polar surface area (TPSA) is 93.1 Å². The molecule has 2 N–H and O–H groups in total. The van der Waals surface area contributed by atoms with E-state index >= 15 is 0 Å². The molecule has 0 radical (unpaired) electrons. The second-order valence-corrected chi connectivity index (χ2v) is 8.79. The number of hydrogen-bond acceptors (Lipinski definition) is 6. The average molecular weight is 374 g/mol. The minimum absolute atomic E-state index is 0.0163. The molecule has 0 spiro atoms. The fourth-order valence-electron chi connectivity index (χ4n) is 5.85. The van der Waals surface area contributed by atoms with E-state index in [2.05, 4.69) is 6.92 Å². The van der Waals surface area contributed by atoms with E-state index in [1.807, 2.05) is 13.8 Å². The van der Waals surface area contributed by atoms with Crippen molar-refractivity contribution in [3.05, 3.63) is 22.3 Å². The van der Waals surface area contributed by atoms with Crippen molar-refractivity contribution in [3.8, 4) is 11.5 Å². The molecule has 1 aliphatic heterocycles. The molecule has 27 heavy (non-hydrogen) atoms. The molecular formula is C21H26O6. The minimum Gasteiger partial charge on any atom is -0.504 e. The van der Waals surface area contributed by atoms with E-state index in [-0.39, 0.29) is 29.8 Å². The first kappa shape index (κ1) is 18.3. The number of fused-ring (bicyclic) bond motifs is 5. The largest absolute Gasteiger partial charge is 0.504 e. The number of methoxy groups -OCH3 is 1. The molecule has 2 aliphatic carbocycles. The normalized spacial score (nSPS) is 31.4. The second-order valence-electron chi connectivity index (χ2n) is 8.79. The molecule has 1 aromatic rings. The first-order valence-corrected chi connectivity index (χ1v) is 9.49. The molecule has 4 rings (SSSR count). The predicted molar refractivity (Wildman–Crippen MR) is 97.1 cm³/mol. The van der Waals surface area contributed by atoms with Crippen LogP contribution < -0.4 is 4.74 Å². The van der Waals surface area contributed by atoms with Gasteiger partial charge in [-0.1, -0.05) is 20.8 Å². The van der Waals surface area contributed by atoms with Gasteiger partial charge < -0.3 is 19.7 Å². The van der Waals surface area contributed by atoms with E-state index in [1.165, 1.54) is 7.11 Å². The highest BCUT2D eigenvalue weighted by molar-refractivity contribution is 5.97. The number of aliphatic hydroxyl groups is 1. The smallest absolute Gasteiger partial charge is 0.339 e. The Morgan fingerprint density at radius 2 is 1.89 bits per heavy atom. The first-order chi connectivity index (χ1) is 12.6. The fourth-order valence-corrected chi connectivity index (χ4v) is 5.85. The van der Waals surface area contributed by atoms with Gasteiger partial charge in [0.15, 0.2) is 11.5 Å². The summed E-state index contributed by atoms with van der Waals surface area (Å²) in [7, 11) is 1.42. The van der Waals surface area contributed by atoms with E-state index in [1.54, 1.807) is 0 Å². The predicted octanol–water partition coefficient (Wildman–Crippen LogP) is 2.81. The molecule has 1 aromatic carbocycles. The third kappa shape index (κ3) is 2.22. The standard InChI is InChI=1S/C21H26O6/c1-20(2)12-6-5-10-14-15(11(22)9-27-19(14)25)18(26-4)17(24)16(10)21(12,3)8-7-13(20)23/h11-12,22,24H,5-9H2,1-4H3. The van der Waals surface area contributed by atoms with Crippen LogP contribution in [0.25, 0.3) is 0 Å². The highest BCUT2D eigenvalue weighted by Crippen LogP contribution is 2.60. The van der Waals surface area contributed by atoms with Gasteiger partial charge in [-0.3, -0.25) is 4.79 Å². The number of esters is 1. The zero-order valence-electron chi connectivity index (χ0n) is 16.2. The molecular weight excluding hydrogens is 348 g/mol. The summed E-state index contributed by atoms with van der Waals surface area (Å²) in [5, 5.41) is 21.6. The number of ketones is 1. The molecule has 6 nitrogen and oxygen atoms in total. The number of rotatable bonds is 1. The summed E-state index contributed by atoms with van der Waals surface area (Å²) >= 11 is 0. The number of phenols is 1. The van der Waals surface area contributed by atoms with E-state index in [4.69, 9.17) is 9.47 Å². The maximum Gasteiger partial charge on any atom is 0.339 e. The van der Waals surface area contributed by atoms with Gasteiger partial charge in [0.05, 0.1) is 12.7 Å². The maximum atomic E-state index is 12.6. The maximum absolute atomic E-state index is 12.6. The van der Waals surface area contributed by atoms with Crippen LogP contribution >= 0.6 is 0 Å². The molecule has 0 aromatic heterocycles. The van der Waals surface area contributed by atoms with Gasteiger partial charge in [-0.2, -0.15) is 0 Å².